The van der Waals surface area contributed by atoms with E-state index in [1.165, 1.54) is 0 Å². The van der Waals surface area contributed by atoms with Gasteiger partial charge in [-0.1, -0.05) is 0 Å². The molecule has 1 aromatic heterocycles. The molecule has 84 valence electrons. The maximum Gasteiger partial charge on any atom is 0.423 e. The number of fused-ring (bicyclic) bond motifs is 1. The smallest absolute Gasteiger partial charge is 0.411 e. The van der Waals surface area contributed by atoms with Crippen LogP contribution in [0.3, 0.4) is 0 Å². The van der Waals surface area contributed by atoms with Gasteiger partial charge in [-0.15, -0.1) is 0 Å². The maximum atomic E-state index is 13.0. The Labute approximate surface area is 82.7 Å². The van der Waals surface area contributed by atoms with Gasteiger partial charge in [-0.05, 0) is 0 Å². The van der Waals surface area contributed by atoms with E-state index in [0.717, 1.165) is 0 Å². The highest BCUT2D eigenvalue weighted by atomic mass is 19.2. The normalized spacial score (nSPS) is 11.0. The van der Waals surface area contributed by atoms with Crippen LogP contribution in [0, 0.1) is 23.3 Å². The highest BCUT2D eigenvalue weighted by Gasteiger charge is 2.25. The Balaban J connectivity index is 3.15. The molecule has 0 bridgehead atoms. The topological polar surface area (TPSA) is 60.4 Å². The third kappa shape index (κ3) is 1.23. The molecule has 0 aliphatic carbocycles. The van der Waals surface area contributed by atoms with Crippen LogP contribution in [0.2, 0.25) is 0 Å². The summed E-state index contributed by atoms with van der Waals surface area (Å²) in [6.07, 6.45) is 0. The van der Waals surface area contributed by atoms with Gasteiger partial charge in [0, 0.05) is 0 Å². The second kappa shape index (κ2) is 3.19. The minimum Gasteiger partial charge on any atom is -0.411 e. The molecule has 4 nitrogen and oxygen atoms in total. The van der Waals surface area contributed by atoms with Gasteiger partial charge in [0.25, 0.3) is 0 Å². The largest absolute Gasteiger partial charge is 0.423 e. The molecule has 0 aliphatic rings. The van der Waals surface area contributed by atoms with Gasteiger partial charge in [-0.25, -0.2) is 18.4 Å². The zero-order valence-electron chi connectivity index (χ0n) is 7.14. The fraction of sp³-hybridized carbons (Fsp3) is 0. The molecule has 1 aromatic carbocycles. The molecular formula is C8F4O4. The molecule has 0 amide bonds. The second-order valence-electron chi connectivity index (χ2n) is 2.69. The van der Waals surface area contributed by atoms with Crippen molar-refractivity contribution in [2.24, 2.45) is 0 Å². The van der Waals surface area contributed by atoms with E-state index >= 15 is 0 Å². The summed E-state index contributed by atoms with van der Waals surface area (Å²) in [4.78, 5) is 21.2. The van der Waals surface area contributed by atoms with Gasteiger partial charge in [0.15, 0.2) is 0 Å². The van der Waals surface area contributed by atoms with E-state index < -0.39 is 45.7 Å². The predicted octanol–water partition coefficient (Wildman–Crippen LogP) is 1.30. The molecule has 8 heteroatoms. The molecule has 0 spiro atoms. The molecule has 0 fully saturated rings. The van der Waals surface area contributed by atoms with Gasteiger partial charge in [0.2, 0.25) is 34.4 Å². The van der Waals surface area contributed by atoms with Crippen LogP contribution in [0.15, 0.2) is 18.4 Å². The highest BCUT2D eigenvalue weighted by Crippen LogP contribution is 2.24. The van der Waals surface area contributed by atoms with Crippen molar-refractivity contribution in [3.05, 3.63) is 44.1 Å². The van der Waals surface area contributed by atoms with Crippen LogP contribution in [0.5, 0.6) is 0 Å². The average molecular weight is 236 g/mol. The first-order chi connectivity index (χ1) is 7.43. The quantitative estimate of drug-likeness (QED) is 0.299. The first-order valence-corrected chi connectivity index (χ1v) is 3.73. The average Bonchev–Trinajstić information content (AvgIpc) is 2.26. The number of hydrogen-bond acceptors (Lipinski definition) is 4. The molecule has 16 heavy (non-hydrogen) atoms. The van der Waals surface area contributed by atoms with Crippen LogP contribution in [-0.4, -0.2) is 0 Å². The first kappa shape index (κ1) is 10.4. The summed E-state index contributed by atoms with van der Waals surface area (Å²) >= 11 is 0. The van der Waals surface area contributed by atoms with E-state index in [9.17, 15) is 27.2 Å². The molecule has 0 atom stereocenters. The lowest BCUT2D eigenvalue weighted by atomic mass is 10.3. The van der Waals surface area contributed by atoms with Crippen molar-refractivity contribution in [1.82, 2.24) is 0 Å². The van der Waals surface area contributed by atoms with Crippen molar-refractivity contribution in [3.63, 3.8) is 0 Å². The van der Waals surface area contributed by atoms with Gasteiger partial charge < -0.3 is 8.83 Å². The van der Waals surface area contributed by atoms with Gasteiger partial charge in [-0.2, -0.15) is 8.78 Å². The molecule has 1 heterocycles. The predicted molar refractivity (Wildman–Crippen MR) is 40.9 cm³/mol. The number of halogens is 4. The molecule has 2 rings (SSSR count). The fourth-order valence-corrected chi connectivity index (χ4v) is 1.04. The zero-order valence-corrected chi connectivity index (χ0v) is 7.14. The zero-order chi connectivity index (χ0) is 12.0. The minimum absolute atomic E-state index is 1.29. The van der Waals surface area contributed by atoms with Crippen LogP contribution in [0.4, 0.5) is 17.6 Å². The molecule has 0 aliphatic heterocycles. The van der Waals surface area contributed by atoms with Crippen LogP contribution >= 0.6 is 0 Å². The van der Waals surface area contributed by atoms with Gasteiger partial charge >= 0.3 is 11.3 Å². The van der Waals surface area contributed by atoms with Crippen molar-refractivity contribution in [2.45, 2.75) is 0 Å². The van der Waals surface area contributed by atoms with E-state index in [0.29, 0.717) is 0 Å². The summed E-state index contributed by atoms with van der Waals surface area (Å²) in [5.74, 6) is -8.23. The number of benzene rings is 1. The summed E-state index contributed by atoms with van der Waals surface area (Å²) < 4.78 is 59.2. The van der Waals surface area contributed by atoms with E-state index in [4.69, 9.17) is 0 Å². The van der Waals surface area contributed by atoms with Crippen LogP contribution in [0.1, 0.15) is 0 Å². The van der Waals surface area contributed by atoms with Crippen molar-refractivity contribution < 1.29 is 26.4 Å². The minimum atomic E-state index is -2.16. The van der Waals surface area contributed by atoms with E-state index in [2.05, 4.69) is 8.83 Å². The monoisotopic (exact) mass is 236 g/mol. The fourth-order valence-electron chi connectivity index (χ4n) is 1.04. The van der Waals surface area contributed by atoms with Crippen LogP contribution in [0.25, 0.3) is 11.2 Å². The number of hydrogen-bond donors (Lipinski definition) is 0. The Morgan fingerprint density at radius 1 is 0.625 bits per heavy atom. The van der Waals surface area contributed by atoms with E-state index in [-0.39, 0.29) is 0 Å². The summed E-state index contributed by atoms with van der Waals surface area (Å²) in [6, 6.07) is 0. The summed E-state index contributed by atoms with van der Waals surface area (Å²) in [5.41, 5.74) is -5.89. The lowest BCUT2D eigenvalue weighted by Crippen LogP contribution is -2.22. The standard InChI is InChI=1S/C8F4O4/c9-1-2(10)4(12)6-5(3(1)11)15-7(13)8(14)16-6. The van der Waals surface area contributed by atoms with Gasteiger partial charge in [-0.3, -0.25) is 0 Å². The van der Waals surface area contributed by atoms with Crippen molar-refractivity contribution >= 4 is 11.2 Å². The Morgan fingerprint density at radius 2 is 0.938 bits per heavy atom. The summed E-state index contributed by atoms with van der Waals surface area (Å²) in [7, 11) is 0. The first-order valence-electron chi connectivity index (χ1n) is 3.73. The molecule has 2 aromatic rings. The summed E-state index contributed by atoms with van der Waals surface area (Å²) in [6.45, 7) is 0. The molecule has 0 saturated carbocycles. The highest BCUT2D eigenvalue weighted by molar-refractivity contribution is 5.71. The molecule has 0 N–H and O–H groups in total. The van der Waals surface area contributed by atoms with E-state index in [1.807, 2.05) is 0 Å². The van der Waals surface area contributed by atoms with Gasteiger partial charge in [0.1, 0.15) is 0 Å². The molecule has 0 radical (unpaired) electrons. The Hall–Kier alpha value is -2.12. The molecule has 0 saturated heterocycles. The molecule has 0 unspecified atom stereocenters. The second-order valence-corrected chi connectivity index (χ2v) is 2.69. The third-order valence-electron chi connectivity index (χ3n) is 1.74. The van der Waals surface area contributed by atoms with Crippen molar-refractivity contribution in [1.29, 1.82) is 0 Å². The van der Waals surface area contributed by atoms with Crippen LogP contribution < -0.4 is 11.3 Å². The van der Waals surface area contributed by atoms with E-state index in [1.54, 1.807) is 0 Å². The Kier molecular flexibility index (Phi) is 2.07. The Morgan fingerprint density at radius 3 is 1.25 bits per heavy atom. The Bertz CT molecular complexity index is 639. The maximum absolute atomic E-state index is 13.0. The van der Waals surface area contributed by atoms with Crippen LogP contribution in [-0.2, 0) is 0 Å². The number of rotatable bonds is 0. The lowest BCUT2D eigenvalue weighted by Gasteiger charge is -2.00. The molecular weight excluding hydrogens is 236 g/mol. The SMILES string of the molecule is O=c1oc2c(F)c(F)c(F)c(F)c2oc1=O. The summed E-state index contributed by atoms with van der Waals surface area (Å²) in [5, 5.41) is 0. The lowest BCUT2D eigenvalue weighted by molar-refractivity contribution is 0.373. The third-order valence-corrected chi connectivity index (χ3v) is 1.74. The van der Waals surface area contributed by atoms with Crippen molar-refractivity contribution in [3.8, 4) is 0 Å². The van der Waals surface area contributed by atoms with Crippen molar-refractivity contribution in [2.75, 3.05) is 0 Å². The van der Waals surface area contributed by atoms with Gasteiger partial charge in [0.05, 0.1) is 0 Å².